The predicted molar refractivity (Wildman–Crippen MR) is 78.6 cm³/mol. The predicted octanol–water partition coefficient (Wildman–Crippen LogP) is 1.04. The topological polar surface area (TPSA) is 69.2 Å². The largest absolute Gasteiger partial charge is 0.379 e. The van der Waals surface area contributed by atoms with Gasteiger partial charge in [0.2, 0.25) is 5.95 Å². The number of fused-ring (bicyclic) bond motifs is 1. The Labute approximate surface area is 118 Å². The number of imidazole rings is 1. The molecule has 2 aromatic heterocycles. The zero-order valence-electron chi connectivity index (χ0n) is 11.9. The maximum Gasteiger partial charge on any atom is 0.202 e. The molecule has 0 aliphatic carbocycles. The summed E-state index contributed by atoms with van der Waals surface area (Å²) in [4.78, 5) is 11.3. The lowest BCUT2D eigenvalue weighted by molar-refractivity contribution is 0.0370. The highest BCUT2D eigenvalue weighted by atomic mass is 16.5. The van der Waals surface area contributed by atoms with Gasteiger partial charge in [0.15, 0.2) is 5.65 Å². The number of pyridine rings is 1. The number of nitrogen functional groups attached to an aromatic ring is 1. The summed E-state index contributed by atoms with van der Waals surface area (Å²) in [5, 5.41) is 0. The Morgan fingerprint density at radius 2 is 2.10 bits per heavy atom. The highest BCUT2D eigenvalue weighted by molar-refractivity contribution is 5.77. The molecule has 3 heterocycles. The highest BCUT2D eigenvalue weighted by Gasteiger charge is 2.13. The van der Waals surface area contributed by atoms with Crippen molar-refractivity contribution in [1.82, 2.24) is 19.4 Å². The summed E-state index contributed by atoms with van der Waals surface area (Å²) in [5.74, 6) is 0.559. The molecule has 6 nitrogen and oxygen atoms in total. The molecular formula is C14H21N5O. The van der Waals surface area contributed by atoms with E-state index in [2.05, 4.69) is 14.9 Å². The van der Waals surface area contributed by atoms with E-state index in [1.165, 1.54) is 0 Å². The normalized spacial score (nSPS) is 16.9. The quantitative estimate of drug-likeness (QED) is 0.903. The number of nitrogens with two attached hydrogens (primary N) is 1. The molecule has 108 valence electrons. The number of aryl methyl sites for hydroxylation is 2. The van der Waals surface area contributed by atoms with E-state index < -0.39 is 0 Å². The van der Waals surface area contributed by atoms with Crippen LogP contribution in [0.5, 0.6) is 0 Å². The van der Waals surface area contributed by atoms with Gasteiger partial charge in [0.25, 0.3) is 0 Å². The lowest BCUT2D eigenvalue weighted by Gasteiger charge is -2.26. The summed E-state index contributed by atoms with van der Waals surface area (Å²) in [6, 6.07) is 1.97. The Kier molecular flexibility index (Phi) is 3.84. The van der Waals surface area contributed by atoms with Crippen LogP contribution in [0.25, 0.3) is 11.2 Å². The van der Waals surface area contributed by atoms with Gasteiger partial charge in [-0.3, -0.25) is 9.47 Å². The Bertz CT molecular complexity index is 589. The van der Waals surface area contributed by atoms with Gasteiger partial charge >= 0.3 is 0 Å². The minimum Gasteiger partial charge on any atom is -0.379 e. The van der Waals surface area contributed by atoms with Gasteiger partial charge in [-0.2, -0.15) is 0 Å². The van der Waals surface area contributed by atoms with Crippen molar-refractivity contribution < 1.29 is 4.74 Å². The number of nitrogens with zero attached hydrogens (tertiary/aromatic N) is 4. The van der Waals surface area contributed by atoms with Crippen molar-refractivity contribution in [1.29, 1.82) is 0 Å². The third-order valence-electron chi connectivity index (χ3n) is 3.83. The molecule has 6 heteroatoms. The molecule has 2 aromatic rings. The third kappa shape index (κ3) is 2.62. The number of hydrogen-bond acceptors (Lipinski definition) is 5. The number of aromatic nitrogens is 3. The zero-order chi connectivity index (χ0) is 13.9. The van der Waals surface area contributed by atoms with E-state index in [4.69, 9.17) is 10.5 Å². The molecule has 1 saturated heterocycles. The number of hydrogen-bond donors (Lipinski definition) is 1. The van der Waals surface area contributed by atoms with Gasteiger partial charge in [0.1, 0.15) is 5.52 Å². The molecule has 0 amide bonds. The first-order valence-electron chi connectivity index (χ1n) is 7.13. The summed E-state index contributed by atoms with van der Waals surface area (Å²) in [6.07, 6.45) is 2.86. The SMILES string of the molecule is Cc1ccnc2c1nc(N)n2CCCN1CCOCC1. The van der Waals surface area contributed by atoms with E-state index in [-0.39, 0.29) is 0 Å². The zero-order valence-corrected chi connectivity index (χ0v) is 11.9. The summed E-state index contributed by atoms with van der Waals surface area (Å²) < 4.78 is 7.37. The van der Waals surface area contributed by atoms with Gasteiger partial charge in [-0.05, 0) is 25.0 Å². The monoisotopic (exact) mass is 275 g/mol. The Balaban J connectivity index is 1.68. The van der Waals surface area contributed by atoms with E-state index in [1.54, 1.807) is 0 Å². The lowest BCUT2D eigenvalue weighted by Crippen LogP contribution is -2.37. The molecule has 3 rings (SSSR count). The van der Waals surface area contributed by atoms with Crippen LogP contribution in [0.15, 0.2) is 12.3 Å². The number of rotatable bonds is 4. The fourth-order valence-electron chi connectivity index (χ4n) is 2.65. The van der Waals surface area contributed by atoms with E-state index in [9.17, 15) is 0 Å². The van der Waals surface area contributed by atoms with Gasteiger partial charge in [0, 0.05) is 32.4 Å². The number of morpholine rings is 1. The van der Waals surface area contributed by atoms with E-state index in [0.717, 1.165) is 62.5 Å². The van der Waals surface area contributed by atoms with E-state index >= 15 is 0 Å². The fourth-order valence-corrected chi connectivity index (χ4v) is 2.65. The summed E-state index contributed by atoms with van der Waals surface area (Å²) >= 11 is 0. The van der Waals surface area contributed by atoms with E-state index in [0.29, 0.717) is 5.95 Å². The van der Waals surface area contributed by atoms with Crippen LogP contribution in [0.3, 0.4) is 0 Å². The molecule has 0 bridgehead atoms. The summed E-state index contributed by atoms with van der Waals surface area (Å²) in [7, 11) is 0. The summed E-state index contributed by atoms with van der Waals surface area (Å²) in [6.45, 7) is 7.70. The molecule has 2 N–H and O–H groups in total. The molecule has 0 radical (unpaired) electrons. The Morgan fingerprint density at radius 1 is 1.30 bits per heavy atom. The third-order valence-corrected chi connectivity index (χ3v) is 3.83. The van der Waals surface area contributed by atoms with Crippen molar-refractivity contribution in [3.63, 3.8) is 0 Å². The van der Waals surface area contributed by atoms with Crippen LogP contribution in [0.2, 0.25) is 0 Å². The molecule has 0 aromatic carbocycles. The van der Waals surface area contributed by atoms with Crippen LogP contribution < -0.4 is 5.73 Å². The average molecular weight is 275 g/mol. The minimum atomic E-state index is 0.559. The minimum absolute atomic E-state index is 0.559. The van der Waals surface area contributed by atoms with Crippen molar-refractivity contribution in [2.75, 3.05) is 38.6 Å². The second-order valence-electron chi connectivity index (χ2n) is 5.23. The first kappa shape index (κ1) is 13.3. The second-order valence-corrected chi connectivity index (χ2v) is 5.23. The standard InChI is InChI=1S/C14H21N5O/c1-11-3-4-16-13-12(11)17-14(15)19(13)6-2-5-18-7-9-20-10-8-18/h3-4H,2,5-10H2,1H3,(H2,15,17). The number of ether oxygens (including phenoxy) is 1. The highest BCUT2D eigenvalue weighted by Crippen LogP contribution is 2.19. The molecule has 0 atom stereocenters. The fraction of sp³-hybridized carbons (Fsp3) is 0.571. The van der Waals surface area contributed by atoms with Crippen molar-refractivity contribution in [2.24, 2.45) is 0 Å². The maximum atomic E-state index is 6.02. The first-order chi connectivity index (χ1) is 9.75. The van der Waals surface area contributed by atoms with Crippen molar-refractivity contribution >= 4 is 17.1 Å². The maximum absolute atomic E-state index is 6.02. The van der Waals surface area contributed by atoms with Crippen LogP contribution in [0.4, 0.5) is 5.95 Å². The van der Waals surface area contributed by atoms with Crippen molar-refractivity contribution in [3.05, 3.63) is 17.8 Å². The Morgan fingerprint density at radius 3 is 2.90 bits per heavy atom. The van der Waals surface area contributed by atoms with Crippen LogP contribution in [-0.4, -0.2) is 52.3 Å². The molecule has 0 unspecified atom stereocenters. The molecular weight excluding hydrogens is 254 g/mol. The van der Waals surface area contributed by atoms with Crippen LogP contribution in [0, 0.1) is 6.92 Å². The van der Waals surface area contributed by atoms with Gasteiger partial charge in [0.05, 0.1) is 13.2 Å². The second kappa shape index (κ2) is 5.76. The molecule has 1 aliphatic rings. The lowest BCUT2D eigenvalue weighted by atomic mass is 10.3. The van der Waals surface area contributed by atoms with Crippen molar-refractivity contribution in [2.45, 2.75) is 19.9 Å². The Hall–Kier alpha value is -1.66. The van der Waals surface area contributed by atoms with Gasteiger partial charge in [-0.1, -0.05) is 0 Å². The molecule has 0 saturated carbocycles. The molecule has 0 spiro atoms. The summed E-state index contributed by atoms with van der Waals surface area (Å²) in [5.41, 5.74) is 8.95. The van der Waals surface area contributed by atoms with Gasteiger partial charge in [-0.15, -0.1) is 0 Å². The molecule has 1 aliphatic heterocycles. The van der Waals surface area contributed by atoms with Crippen LogP contribution >= 0.6 is 0 Å². The molecule has 20 heavy (non-hydrogen) atoms. The van der Waals surface area contributed by atoms with Gasteiger partial charge in [-0.25, -0.2) is 9.97 Å². The van der Waals surface area contributed by atoms with E-state index in [1.807, 2.05) is 23.8 Å². The average Bonchev–Trinajstić information content (AvgIpc) is 2.78. The number of anilines is 1. The van der Waals surface area contributed by atoms with Crippen LogP contribution in [-0.2, 0) is 11.3 Å². The smallest absolute Gasteiger partial charge is 0.202 e. The van der Waals surface area contributed by atoms with Crippen LogP contribution in [0.1, 0.15) is 12.0 Å². The molecule has 1 fully saturated rings. The van der Waals surface area contributed by atoms with Gasteiger partial charge < -0.3 is 10.5 Å². The van der Waals surface area contributed by atoms with Crippen molar-refractivity contribution in [3.8, 4) is 0 Å². The first-order valence-corrected chi connectivity index (χ1v) is 7.13.